The van der Waals surface area contributed by atoms with E-state index in [4.69, 9.17) is 4.74 Å². The van der Waals surface area contributed by atoms with Crippen molar-refractivity contribution in [2.75, 3.05) is 6.61 Å². The molecule has 216 valence electrons. The Morgan fingerprint density at radius 1 is 1.02 bits per heavy atom. The van der Waals surface area contributed by atoms with Gasteiger partial charge in [-0.05, 0) is 79.9 Å². The third-order valence-corrected chi connectivity index (χ3v) is 10.5. The van der Waals surface area contributed by atoms with Gasteiger partial charge in [-0.25, -0.2) is 4.79 Å². The molecule has 1 aromatic heterocycles. The van der Waals surface area contributed by atoms with E-state index in [-0.39, 0.29) is 19.1 Å². The molecule has 0 spiro atoms. The fourth-order valence-corrected chi connectivity index (χ4v) is 8.51. The molecule has 8 heteroatoms. The number of rotatable bonds is 6. The van der Waals surface area contributed by atoms with Crippen molar-refractivity contribution >= 4 is 22.9 Å². The monoisotopic (exact) mass is 557 g/mol. The topological polar surface area (TPSA) is 115 Å². The summed E-state index contributed by atoms with van der Waals surface area (Å²) in [4.78, 5) is 33.2. The Hall–Kier alpha value is -3.36. The summed E-state index contributed by atoms with van der Waals surface area (Å²) in [5.41, 5.74) is 2.18. The number of aromatic amines is 1. The molecule has 8 rings (SSSR count). The van der Waals surface area contributed by atoms with Crippen LogP contribution in [-0.4, -0.2) is 56.4 Å². The van der Waals surface area contributed by atoms with E-state index in [1.165, 1.54) is 6.42 Å². The van der Waals surface area contributed by atoms with Crippen LogP contribution in [0.5, 0.6) is 0 Å². The van der Waals surface area contributed by atoms with Crippen LogP contribution in [0.1, 0.15) is 62.0 Å². The molecule has 4 fully saturated rings. The van der Waals surface area contributed by atoms with E-state index in [9.17, 15) is 19.8 Å². The Kier molecular flexibility index (Phi) is 6.58. The number of aliphatic hydroxyl groups excluding tert-OH is 2. The van der Waals surface area contributed by atoms with Gasteiger partial charge in [0, 0.05) is 23.0 Å². The number of fused-ring (bicyclic) bond motifs is 3. The summed E-state index contributed by atoms with van der Waals surface area (Å²) in [7, 11) is 0. The van der Waals surface area contributed by atoms with Crippen LogP contribution in [0.4, 0.5) is 4.79 Å². The molecule has 3 unspecified atom stereocenters. The number of para-hydroxylation sites is 1. The molecule has 2 amide bonds. The average Bonchev–Trinajstić information content (AvgIpc) is 3.34. The van der Waals surface area contributed by atoms with E-state index in [1.807, 2.05) is 30.3 Å². The second-order valence-electron chi connectivity index (χ2n) is 13.1. The summed E-state index contributed by atoms with van der Waals surface area (Å²) in [6, 6.07) is 16.0. The zero-order chi connectivity index (χ0) is 28.3. The van der Waals surface area contributed by atoms with Crippen LogP contribution in [0.15, 0.2) is 54.6 Å². The quantitative estimate of drug-likeness (QED) is 0.357. The first kappa shape index (κ1) is 26.5. The van der Waals surface area contributed by atoms with Gasteiger partial charge in [-0.1, -0.05) is 48.5 Å². The maximum absolute atomic E-state index is 14.2. The van der Waals surface area contributed by atoms with Crippen LogP contribution in [0.2, 0.25) is 0 Å². The highest BCUT2D eigenvalue weighted by atomic mass is 16.6. The Bertz CT molecular complexity index is 1430. The number of benzene rings is 2. The molecule has 1 aliphatic heterocycles. The van der Waals surface area contributed by atoms with Crippen molar-refractivity contribution in [3.05, 3.63) is 71.4 Å². The molecule has 5 aliphatic rings. The SMILES string of the molecule is CC1(C(=O)NC(CO)C(O)c2ccccc2)Cc2c([nH]c3ccccc23)CN1C(=O)OC1C2CC3CC(C2)CC1C3. The van der Waals surface area contributed by atoms with Gasteiger partial charge in [-0.3, -0.25) is 9.69 Å². The van der Waals surface area contributed by atoms with E-state index in [0.29, 0.717) is 17.4 Å². The van der Waals surface area contributed by atoms with Gasteiger partial charge in [0.2, 0.25) is 5.91 Å². The number of ether oxygens (including phenoxy) is 1. The molecule has 4 N–H and O–H groups in total. The zero-order valence-corrected chi connectivity index (χ0v) is 23.5. The highest BCUT2D eigenvalue weighted by Gasteiger charge is 2.53. The Morgan fingerprint density at radius 2 is 1.68 bits per heavy atom. The third-order valence-electron chi connectivity index (χ3n) is 10.5. The minimum absolute atomic E-state index is 0.100. The molecule has 4 aliphatic carbocycles. The Morgan fingerprint density at radius 3 is 2.37 bits per heavy atom. The third kappa shape index (κ3) is 4.52. The Balaban J connectivity index is 1.19. The molecule has 4 saturated carbocycles. The molecule has 3 atom stereocenters. The number of nitrogens with zero attached hydrogens (tertiary/aromatic N) is 1. The van der Waals surface area contributed by atoms with Crippen LogP contribution >= 0.6 is 0 Å². The van der Waals surface area contributed by atoms with Gasteiger partial charge >= 0.3 is 6.09 Å². The van der Waals surface area contributed by atoms with Gasteiger partial charge in [0.1, 0.15) is 17.7 Å². The van der Waals surface area contributed by atoms with Gasteiger partial charge in [-0.2, -0.15) is 0 Å². The van der Waals surface area contributed by atoms with Gasteiger partial charge in [0.15, 0.2) is 0 Å². The van der Waals surface area contributed by atoms with Crippen LogP contribution in [0.3, 0.4) is 0 Å². The molecule has 0 radical (unpaired) electrons. The van der Waals surface area contributed by atoms with Crippen molar-refractivity contribution in [3.8, 4) is 0 Å². The smallest absolute Gasteiger partial charge is 0.411 e. The highest BCUT2D eigenvalue weighted by molar-refractivity contribution is 5.93. The molecule has 0 saturated heterocycles. The van der Waals surface area contributed by atoms with Crippen molar-refractivity contribution in [2.24, 2.45) is 23.7 Å². The number of aromatic nitrogens is 1. The van der Waals surface area contributed by atoms with Crippen molar-refractivity contribution in [2.45, 2.75) is 75.8 Å². The molecule has 3 aromatic rings. The molecule has 8 nitrogen and oxygen atoms in total. The summed E-state index contributed by atoms with van der Waals surface area (Å²) in [5.74, 6) is 1.91. The lowest BCUT2D eigenvalue weighted by atomic mass is 9.55. The molecular formula is C33H39N3O5. The van der Waals surface area contributed by atoms with Crippen LogP contribution < -0.4 is 5.32 Å². The second kappa shape index (κ2) is 10.2. The average molecular weight is 558 g/mol. The summed E-state index contributed by atoms with van der Waals surface area (Å²) in [6.07, 6.45) is 4.46. The number of hydrogen-bond acceptors (Lipinski definition) is 5. The summed E-state index contributed by atoms with van der Waals surface area (Å²) < 4.78 is 6.34. The number of carbonyl (C=O) groups excluding carboxylic acids is 2. The van der Waals surface area contributed by atoms with Crippen molar-refractivity contribution in [1.82, 2.24) is 15.2 Å². The summed E-state index contributed by atoms with van der Waals surface area (Å²) in [5, 5.41) is 25.1. The van der Waals surface area contributed by atoms with Gasteiger partial charge in [-0.15, -0.1) is 0 Å². The van der Waals surface area contributed by atoms with Gasteiger partial charge in [0.25, 0.3) is 0 Å². The number of nitrogens with one attached hydrogen (secondary N) is 2. The first-order valence-corrected chi connectivity index (χ1v) is 15.1. The lowest BCUT2D eigenvalue weighted by Crippen LogP contribution is -2.64. The lowest BCUT2D eigenvalue weighted by Gasteiger charge is -2.54. The maximum atomic E-state index is 14.2. The van der Waals surface area contributed by atoms with Gasteiger partial charge in [0.05, 0.1) is 19.2 Å². The molecule has 41 heavy (non-hydrogen) atoms. The van der Waals surface area contributed by atoms with E-state index in [1.54, 1.807) is 36.1 Å². The van der Waals surface area contributed by atoms with E-state index in [0.717, 1.165) is 59.7 Å². The highest BCUT2D eigenvalue weighted by Crippen LogP contribution is 2.55. The predicted octanol–water partition coefficient (Wildman–Crippen LogP) is 4.46. The molecule has 2 heterocycles. The normalized spacial score (nSPS) is 31.5. The minimum atomic E-state index is -1.29. The number of hydrogen-bond donors (Lipinski definition) is 4. The summed E-state index contributed by atoms with van der Waals surface area (Å²) >= 11 is 0. The first-order chi connectivity index (χ1) is 19.8. The fraction of sp³-hybridized carbons (Fsp3) is 0.515. The standard InChI is InChI=1S/C33H39N3O5/c1-33(31(39)35-28(18-37)29(38)21-7-3-2-4-8-21)16-25-24-9-5-6-10-26(24)34-27(25)17-36(33)32(40)41-30-22-12-19-11-20(14-22)15-23(30)13-19/h2-10,19-20,22-23,28-30,34,37-38H,11-18H2,1H3,(H,35,39). The molecular weight excluding hydrogens is 518 g/mol. The van der Waals surface area contributed by atoms with Crippen LogP contribution in [0.25, 0.3) is 10.9 Å². The van der Waals surface area contributed by atoms with Crippen LogP contribution in [0, 0.1) is 23.7 Å². The number of carbonyl (C=O) groups is 2. The number of aliphatic hydroxyl groups is 2. The van der Waals surface area contributed by atoms with Gasteiger partial charge < -0.3 is 25.3 Å². The predicted molar refractivity (Wildman–Crippen MR) is 154 cm³/mol. The van der Waals surface area contributed by atoms with Crippen molar-refractivity contribution in [3.63, 3.8) is 0 Å². The van der Waals surface area contributed by atoms with Crippen molar-refractivity contribution in [1.29, 1.82) is 0 Å². The zero-order valence-electron chi connectivity index (χ0n) is 23.5. The van der Waals surface area contributed by atoms with Crippen LogP contribution in [-0.2, 0) is 22.5 Å². The Labute approximate surface area is 240 Å². The van der Waals surface area contributed by atoms with E-state index >= 15 is 0 Å². The first-order valence-electron chi connectivity index (χ1n) is 15.1. The van der Waals surface area contributed by atoms with E-state index < -0.39 is 36.3 Å². The van der Waals surface area contributed by atoms with Crippen molar-refractivity contribution < 1.29 is 24.5 Å². The minimum Gasteiger partial charge on any atom is -0.445 e. The summed E-state index contributed by atoms with van der Waals surface area (Å²) in [6.45, 7) is 1.54. The second-order valence-corrected chi connectivity index (χ2v) is 13.1. The number of amides is 2. The lowest BCUT2D eigenvalue weighted by molar-refractivity contribution is -0.138. The maximum Gasteiger partial charge on any atom is 0.411 e. The fourth-order valence-electron chi connectivity index (χ4n) is 8.51. The molecule has 2 aromatic carbocycles. The largest absolute Gasteiger partial charge is 0.445 e. The van der Waals surface area contributed by atoms with E-state index in [2.05, 4.69) is 10.3 Å². The number of H-pyrrole nitrogens is 1. The molecule has 4 bridgehead atoms.